The zero-order valence-electron chi connectivity index (χ0n) is 11.6. The van der Waals surface area contributed by atoms with Gasteiger partial charge in [-0.2, -0.15) is 17.5 Å². The number of para-hydroxylation sites is 1. The molecule has 0 bridgehead atoms. The molecule has 0 spiro atoms. The van der Waals surface area contributed by atoms with Crippen LogP contribution in [0.2, 0.25) is 0 Å². The van der Waals surface area contributed by atoms with Gasteiger partial charge < -0.3 is 29.8 Å². The van der Waals surface area contributed by atoms with E-state index in [4.69, 9.17) is 0 Å². The molecule has 0 saturated heterocycles. The summed E-state index contributed by atoms with van der Waals surface area (Å²) in [6.45, 7) is 4.25. The van der Waals surface area contributed by atoms with Crippen molar-refractivity contribution in [3.05, 3.63) is 60.8 Å². The number of halogens is 2. The number of nitrogens with one attached hydrogen (secondary N) is 1. The smallest absolute Gasteiger partial charge is 0.0745 e. The molecule has 0 saturated carbocycles. The molecule has 1 aliphatic rings. The van der Waals surface area contributed by atoms with Crippen molar-refractivity contribution >= 4 is 14.1 Å². The van der Waals surface area contributed by atoms with Crippen LogP contribution in [0.15, 0.2) is 48.6 Å². The Hall–Kier alpha value is -0.427. The first-order valence-corrected chi connectivity index (χ1v) is 7.10. The van der Waals surface area contributed by atoms with Gasteiger partial charge in [-0.05, 0) is 0 Å². The van der Waals surface area contributed by atoms with Gasteiger partial charge in [0.2, 0.25) is 0 Å². The number of aromatic nitrogens is 1. The summed E-state index contributed by atoms with van der Waals surface area (Å²) >= 11 is 1.55. The zero-order chi connectivity index (χ0) is 13.2. The fraction of sp³-hybridized carbons (Fsp3) is 0.188. The Morgan fingerprint density at radius 3 is 2.30 bits per heavy atom. The van der Waals surface area contributed by atoms with Crippen LogP contribution in [0.25, 0.3) is 10.9 Å². The molecule has 1 nitrogen and oxygen atoms in total. The van der Waals surface area contributed by atoms with Gasteiger partial charge in [-0.1, -0.05) is 12.1 Å². The minimum absolute atomic E-state index is 0. The number of hydrogen-bond donors (Lipinski definition) is 1. The second-order valence-electron chi connectivity index (χ2n) is 4.00. The van der Waals surface area contributed by atoms with E-state index in [-0.39, 0.29) is 24.8 Å². The average Bonchev–Trinajstić information content (AvgIpc) is 3.03. The van der Waals surface area contributed by atoms with Gasteiger partial charge in [0.05, 0.1) is 0 Å². The van der Waals surface area contributed by atoms with E-state index in [1.807, 2.05) is 36.4 Å². The van der Waals surface area contributed by atoms with Crippen LogP contribution < -0.4 is 24.8 Å². The standard InChI is InChI=1S/C8H6N.C5H5.C3H6.2ClH.Zr/c1-2-4-8-7(3-1)5-6-9-8;1-2-4-5-3-1;1-3-2;;;/h1-5,9H;1-3H,4H2;1-2H3;2*1H;/q2*-1;;;;+2/p-2. The second kappa shape index (κ2) is 13.6. The molecule has 0 fully saturated rings. The van der Waals surface area contributed by atoms with Crippen LogP contribution in [-0.4, -0.2) is 8.19 Å². The molecule has 3 rings (SSSR count). The minimum atomic E-state index is 0. The third-order valence-electron chi connectivity index (χ3n) is 1.98. The van der Waals surface area contributed by atoms with Gasteiger partial charge in [0.1, 0.15) is 0 Å². The molecule has 0 radical (unpaired) electrons. The summed E-state index contributed by atoms with van der Waals surface area (Å²) in [5.74, 6) is 0. The van der Waals surface area contributed by atoms with Crippen molar-refractivity contribution in [3.63, 3.8) is 0 Å². The van der Waals surface area contributed by atoms with E-state index in [0.717, 1.165) is 11.9 Å². The van der Waals surface area contributed by atoms with E-state index in [2.05, 4.69) is 43.2 Å². The van der Waals surface area contributed by atoms with Crippen LogP contribution in [0.4, 0.5) is 0 Å². The van der Waals surface area contributed by atoms with E-state index >= 15 is 0 Å². The maximum absolute atomic E-state index is 2.99. The Morgan fingerprint density at radius 2 is 1.85 bits per heavy atom. The number of fused-ring (bicyclic) bond motifs is 1. The zero-order valence-corrected chi connectivity index (χ0v) is 15.6. The summed E-state index contributed by atoms with van der Waals surface area (Å²) < 4.78 is 1.51. The molecule has 0 atom stereocenters. The number of H-pyrrole nitrogens is 1. The predicted molar refractivity (Wildman–Crippen MR) is 75.1 cm³/mol. The first-order valence-electron chi connectivity index (χ1n) is 5.87. The van der Waals surface area contributed by atoms with Gasteiger partial charge in [-0.15, -0.1) is 30.3 Å². The van der Waals surface area contributed by atoms with Crippen LogP contribution in [0, 0.1) is 12.3 Å². The fourth-order valence-electron chi connectivity index (χ4n) is 1.27. The van der Waals surface area contributed by atoms with E-state index in [1.54, 1.807) is 24.2 Å². The molecule has 0 amide bonds. The molecule has 1 aliphatic carbocycles. The van der Waals surface area contributed by atoms with Crippen LogP contribution >= 0.6 is 0 Å². The molecular weight excluding hydrogens is 368 g/mol. The number of hydrogen-bond acceptors (Lipinski definition) is 0. The average molecular weight is 385 g/mol. The predicted octanol–water partition coefficient (Wildman–Crippen LogP) is -1.97. The summed E-state index contributed by atoms with van der Waals surface area (Å²) in [6, 6.07) is 10.1. The Labute approximate surface area is 148 Å². The number of allylic oxidation sites excluding steroid dienone is 4. The number of aromatic amines is 1. The van der Waals surface area contributed by atoms with Crippen molar-refractivity contribution in [2.24, 2.45) is 0 Å². The Balaban J connectivity index is 0. The molecule has 4 heteroatoms. The normalized spacial score (nSPS) is 10.4. The first-order chi connectivity index (χ1) is 8.70. The van der Waals surface area contributed by atoms with Crippen LogP contribution in [0.1, 0.15) is 20.3 Å². The van der Waals surface area contributed by atoms with Crippen LogP contribution in [0.5, 0.6) is 0 Å². The molecule has 106 valence electrons. The molecule has 1 aromatic carbocycles. The molecule has 2 aromatic rings. The summed E-state index contributed by atoms with van der Waals surface area (Å²) in [5, 5.41) is 1.22. The maximum atomic E-state index is 2.99. The Morgan fingerprint density at radius 1 is 1.20 bits per heavy atom. The SMILES string of the molecule is C[C](C)=[Zr+2].[C-]1=CC=CC1.[Cl-].[Cl-].[c-]1cc2ccccc2[nH]1. The van der Waals surface area contributed by atoms with Crippen molar-refractivity contribution in [1.29, 1.82) is 0 Å². The quantitative estimate of drug-likeness (QED) is 0.507. The van der Waals surface area contributed by atoms with Crippen molar-refractivity contribution < 1.29 is 49.0 Å². The summed E-state index contributed by atoms with van der Waals surface area (Å²) in [7, 11) is 0. The van der Waals surface area contributed by atoms with E-state index in [1.165, 1.54) is 8.59 Å². The van der Waals surface area contributed by atoms with Crippen molar-refractivity contribution in [2.75, 3.05) is 0 Å². The molecule has 0 aliphatic heterocycles. The van der Waals surface area contributed by atoms with Gasteiger partial charge in [-0.3, -0.25) is 6.08 Å². The summed E-state index contributed by atoms with van der Waals surface area (Å²) in [6.07, 6.45) is 12.9. The fourth-order valence-corrected chi connectivity index (χ4v) is 1.27. The maximum Gasteiger partial charge on any atom is -0.0745 e. The molecule has 20 heavy (non-hydrogen) atoms. The second-order valence-corrected chi connectivity index (χ2v) is 6.46. The molecule has 0 unspecified atom stereocenters. The third-order valence-corrected chi connectivity index (χ3v) is 1.98. The largest absolute Gasteiger partial charge is 1.00 e. The van der Waals surface area contributed by atoms with Crippen molar-refractivity contribution in [1.82, 2.24) is 4.98 Å². The Kier molecular flexibility index (Phi) is 14.8. The molecule has 1 heterocycles. The van der Waals surface area contributed by atoms with Gasteiger partial charge in [-0.25, -0.2) is 12.2 Å². The van der Waals surface area contributed by atoms with Crippen molar-refractivity contribution in [2.45, 2.75) is 20.3 Å². The van der Waals surface area contributed by atoms with Gasteiger partial charge in [0.25, 0.3) is 0 Å². The minimum Gasteiger partial charge on any atom is -1.00 e. The van der Waals surface area contributed by atoms with Crippen LogP contribution in [0.3, 0.4) is 0 Å². The molecular formula is C16H17Cl2NZr-2. The van der Waals surface area contributed by atoms with Crippen LogP contribution in [-0.2, 0) is 24.2 Å². The van der Waals surface area contributed by atoms with E-state index < -0.39 is 0 Å². The third kappa shape index (κ3) is 10.4. The van der Waals surface area contributed by atoms with Crippen molar-refractivity contribution in [3.8, 4) is 0 Å². The summed E-state index contributed by atoms with van der Waals surface area (Å²) in [5.41, 5.74) is 1.15. The molecule has 1 N–H and O–H groups in total. The topological polar surface area (TPSA) is 15.8 Å². The van der Waals surface area contributed by atoms with Gasteiger partial charge in [0, 0.05) is 0 Å². The first kappa shape index (κ1) is 21.9. The van der Waals surface area contributed by atoms with E-state index in [9.17, 15) is 0 Å². The van der Waals surface area contributed by atoms with E-state index in [0.29, 0.717) is 0 Å². The summed E-state index contributed by atoms with van der Waals surface area (Å²) in [4.78, 5) is 2.99. The monoisotopic (exact) mass is 383 g/mol. The molecule has 1 aromatic heterocycles. The Bertz CT molecular complexity index is 500. The number of benzene rings is 1. The number of rotatable bonds is 0. The van der Waals surface area contributed by atoms with Gasteiger partial charge >= 0.3 is 41.3 Å². The van der Waals surface area contributed by atoms with Gasteiger partial charge in [0.15, 0.2) is 0 Å².